The van der Waals surface area contributed by atoms with E-state index in [9.17, 15) is 9.90 Å². The molecule has 1 N–H and O–H groups in total. The summed E-state index contributed by atoms with van der Waals surface area (Å²) in [6.07, 6.45) is 3.71. The Morgan fingerprint density at radius 1 is 1.10 bits per heavy atom. The third kappa shape index (κ3) is 3.79. The molecule has 1 heterocycles. The van der Waals surface area contributed by atoms with Crippen molar-refractivity contribution in [3.63, 3.8) is 0 Å². The van der Waals surface area contributed by atoms with Gasteiger partial charge in [-0.15, -0.1) is 0 Å². The van der Waals surface area contributed by atoms with Gasteiger partial charge >= 0.3 is 5.97 Å². The second-order valence-corrected chi connectivity index (χ2v) is 9.27. The van der Waals surface area contributed by atoms with Gasteiger partial charge in [0.2, 0.25) is 0 Å². The molecule has 2 aromatic carbocycles. The van der Waals surface area contributed by atoms with Crippen molar-refractivity contribution in [2.24, 2.45) is 11.3 Å². The van der Waals surface area contributed by atoms with Gasteiger partial charge in [0, 0.05) is 10.4 Å². The number of carboxylic acids is 1. The van der Waals surface area contributed by atoms with Crippen molar-refractivity contribution < 1.29 is 9.90 Å². The number of pyridine rings is 1. The first-order valence-electron chi connectivity index (χ1n) is 9.85. The zero-order valence-corrected chi connectivity index (χ0v) is 17.6. The normalized spacial score (nSPS) is 18.1. The van der Waals surface area contributed by atoms with E-state index in [0.29, 0.717) is 21.9 Å². The van der Waals surface area contributed by atoms with Crippen molar-refractivity contribution in [2.45, 2.75) is 33.6 Å². The quantitative estimate of drug-likeness (QED) is 0.513. The minimum atomic E-state index is -0.889. The van der Waals surface area contributed by atoms with Crippen LogP contribution < -0.4 is 0 Å². The number of hydrogen-bond donors (Lipinski definition) is 1. The van der Waals surface area contributed by atoms with E-state index in [1.54, 1.807) is 0 Å². The molecule has 0 saturated carbocycles. The maximum absolute atomic E-state index is 12.3. The van der Waals surface area contributed by atoms with Gasteiger partial charge in [-0.1, -0.05) is 62.7 Å². The fourth-order valence-electron chi connectivity index (χ4n) is 4.14. The monoisotopic (exact) mass is 405 g/mol. The number of rotatable bonds is 2. The first kappa shape index (κ1) is 19.7. The average Bonchev–Trinajstić information content (AvgIpc) is 2.67. The van der Waals surface area contributed by atoms with E-state index < -0.39 is 5.97 Å². The highest BCUT2D eigenvalue weighted by molar-refractivity contribution is 6.30. The highest BCUT2D eigenvalue weighted by atomic mass is 35.5. The van der Waals surface area contributed by atoms with E-state index in [1.165, 1.54) is 0 Å². The number of para-hydroxylation sites is 1. The Hall–Kier alpha value is -2.65. The molecule has 0 bridgehead atoms. The van der Waals surface area contributed by atoms with E-state index in [4.69, 9.17) is 16.6 Å². The predicted octanol–water partition coefficient (Wildman–Crippen LogP) is 6.74. The SMILES string of the molecule is CC(C)(C)C1CC(=Cc2ccc(Cl)cc2)c2nc3ccccc3c(C(=O)O)c2C1. The average molecular weight is 406 g/mol. The Kier molecular flexibility index (Phi) is 4.95. The molecular formula is C25H24ClNO2. The molecule has 0 amide bonds. The summed E-state index contributed by atoms with van der Waals surface area (Å²) in [6, 6.07) is 15.2. The summed E-state index contributed by atoms with van der Waals surface area (Å²) in [5, 5.41) is 11.5. The summed E-state index contributed by atoms with van der Waals surface area (Å²) in [5.41, 5.74) is 4.96. The third-order valence-electron chi connectivity index (χ3n) is 5.86. The van der Waals surface area contributed by atoms with Crippen LogP contribution >= 0.6 is 11.6 Å². The summed E-state index contributed by atoms with van der Waals surface area (Å²) in [5.74, 6) is -0.560. The van der Waals surface area contributed by atoms with Crippen LogP contribution in [0.2, 0.25) is 5.02 Å². The lowest BCUT2D eigenvalue weighted by molar-refractivity contribution is 0.0696. The van der Waals surface area contributed by atoms with E-state index in [1.807, 2.05) is 48.5 Å². The maximum atomic E-state index is 12.3. The van der Waals surface area contributed by atoms with Crippen molar-refractivity contribution >= 4 is 40.1 Å². The van der Waals surface area contributed by atoms with Crippen molar-refractivity contribution in [1.29, 1.82) is 0 Å². The molecule has 3 aromatic rings. The van der Waals surface area contributed by atoms with Crippen LogP contribution in [0.1, 0.15) is 54.4 Å². The van der Waals surface area contributed by atoms with Crippen LogP contribution in [0.15, 0.2) is 48.5 Å². The molecule has 0 saturated heterocycles. The molecule has 1 aliphatic rings. The zero-order chi connectivity index (χ0) is 20.8. The van der Waals surface area contributed by atoms with E-state index in [2.05, 4.69) is 26.8 Å². The fraction of sp³-hybridized carbons (Fsp3) is 0.280. The van der Waals surface area contributed by atoms with Crippen LogP contribution in [-0.2, 0) is 6.42 Å². The number of fused-ring (bicyclic) bond motifs is 2. The molecule has 1 unspecified atom stereocenters. The predicted molar refractivity (Wildman–Crippen MR) is 119 cm³/mol. The Bertz CT molecular complexity index is 1120. The molecule has 148 valence electrons. The fourth-order valence-corrected chi connectivity index (χ4v) is 4.27. The molecule has 1 aromatic heterocycles. The zero-order valence-electron chi connectivity index (χ0n) is 16.9. The lowest BCUT2D eigenvalue weighted by atomic mass is 9.69. The largest absolute Gasteiger partial charge is 0.478 e. The summed E-state index contributed by atoms with van der Waals surface area (Å²) >= 11 is 6.04. The van der Waals surface area contributed by atoms with Crippen LogP contribution in [0.4, 0.5) is 0 Å². The minimum absolute atomic E-state index is 0.0538. The van der Waals surface area contributed by atoms with Crippen molar-refractivity contribution in [3.8, 4) is 0 Å². The molecule has 4 heteroatoms. The van der Waals surface area contributed by atoms with Crippen LogP contribution in [-0.4, -0.2) is 16.1 Å². The molecule has 29 heavy (non-hydrogen) atoms. The molecule has 1 aliphatic carbocycles. The van der Waals surface area contributed by atoms with Gasteiger partial charge in [0.1, 0.15) is 0 Å². The van der Waals surface area contributed by atoms with Crippen LogP contribution in [0, 0.1) is 11.3 Å². The standard InChI is InChI=1S/C25H24ClNO2/c1-25(2,3)17-13-16(12-15-8-10-18(26)11-9-15)23-20(14-17)22(24(28)29)19-6-4-5-7-21(19)27-23/h4-12,17H,13-14H2,1-3H3,(H,28,29). The van der Waals surface area contributed by atoms with E-state index >= 15 is 0 Å². The number of carboxylic acid groups (broad SMARTS) is 1. The number of carbonyl (C=O) groups is 1. The number of aromatic nitrogens is 1. The van der Waals surface area contributed by atoms with Gasteiger partial charge in [-0.25, -0.2) is 9.78 Å². The van der Waals surface area contributed by atoms with Crippen LogP contribution in [0.25, 0.3) is 22.6 Å². The second-order valence-electron chi connectivity index (χ2n) is 8.83. The van der Waals surface area contributed by atoms with Crippen LogP contribution in [0.3, 0.4) is 0 Å². The molecule has 4 rings (SSSR count). The number of benzene rings is 2. The number of allylic oxidation sites excluding steroid dienone is 1. The van der Waals surface area contributed by atoms with Crippen LogP contribution in [0.5, 0.6) is 0 Å². The Balaban J connectivity index is 1.99. The topological polar surface area (TPSA) is 50.2 Å². The Morgan fingerprint density at radius 2 is 1.79 bits per heavy atom. The molecule has 3 nitrogen and oxygen atoms in total. The van der Waals surface area contributed by atoms with E-state index in [-0.39, 0.29) is 5.41 Å². The van der Waals surface area contributed by atoms with Gasteiger partial charge in [-0.2, -0.15) is 0 Å². The highest BCUT2D eigenvalue weighted by Crippen LogP contribution is 2.44. The second kappa shape index (κ2) is 7.31. The van der Waals surface area contributed by atoms with E-state index in [0.717, 1.165) is 40.8 Å². The number of nitrogens with zero attached hydrogens (tertiary/aromatic N) is 1. The smallest absolute Gasteiger partial charge is 0.336 e. The molecule has 0 fully saturated rings. The summed E-state index contributed by atoms with van der Waals surface area (Å²) in [7, 11) is 0. The molecule has 0 aliphatic heterocycles. The summed E-state index contributed by atoms with van der Waals surface area (Å²) < 4.78 is 0. The van der Waals surface area contributed by atoms with Gasteiger partial charge in [0.25, 0.3) is 0 Å². The van der Waals surface area contributed by atoms with Gasteiger partial charge in [0.15, 0.2) is 0 Å². The minimum Gasteiger partial charge on any atom is -0.478 e. The molecule has 0 spiro atoms. The van der Waals surface area contributed by atoms with Gasteiger partial charge in [-0.05, 0) is 65.1 Å². The summed E-state index contributed by atoms with van der Waals surface area (Å²) in [4.78, 5) is 17.2. The lowest BCUT2D eigenvalue weighted by Crippen LogP contribution is -2.28. The molecule has 0 radical (unpaired) electrons. The third-order valence-corrected chi connectivity index (χ3v) is 6.12. The number of halogens is 1. The maximum Gasteiger partial charge on any atom is 0.336 e. The lowest BCUT2D eigenvalue weighted by Gasteiger charge is -2.36. The van der Waals surface area contributed by atoms with Crippen molar-refractivity contribution in [1.82, 2.24) is 4.98 Å². The number of hydrogen-bond acceptors (Lipinski definition) is 2. The first-order chi connectivity index (χ1) is 13.7. The number of aromatic carboxylic acids is 1. The first-order valence-corrected chi connectivity index (χ1v) is 10.2. The van der Waals surface area contributed by atoms with Gasteiger partial charge in [0.05, 0.1) is 16.8 Å². The van der Waals surface area contributed by atoms with Gasteiger partial charge in [-0.3, -0.25) is 0 Å². The molecular weight excluding hydrogens is 382 g/mol. The van der Waals surface area contributed by atoms with Gasteiger partial charge < -0.3 is 5.11 Å². The Morgan fingerprint density at radius 3 is 2.45 bits per heavy atom. The van der Waals surface area contributed by atoms with Crippen molar-refractivity contribution in [3.05, 3.63) is 75.9 Å². The highest BCUT2D eigenvalue weighted by Gasteiger charge is 2.35. The molecule has 1 atom stereocenters. The summed E-state index contributed by atoms with van der Waals surface area (Å²) in [6.45, 7) is 6.66. The van der Waals surface area contributed by atoms with Crippen molar-refractivity contribution in [2.75, 3.05) is 0 Å². The Labute approximate surface area is 176 Å².